The molecule has 3 aromatic rings. The van der Waals surface area contributed by atoms with Crippen molar-refractivity contribution in [2.75, 3.05) is 13.7 Å². The highest BCUT2D eigenvalue weighted by Crippen LogP contribution is 2.41. The van der Waals surface area contributed by atoms with Crippen LogP contribution in [0.3, 0.4) is 0 Å². The van der Waals surface area contributed by atoms with Crippen LogP contribution in [-0.4, -0.2) is 44.5 Å². The van der Waals surface area contributed by atoms with Gasteiger partial charge in [0.2, 0.25) is 0 Å². The third-order valence-corrected chi connectivity index (χ3v) is 12.4. The van der Waals surface area contributed by atoms with Crippen LogP contribution in [0, 0.1) is 0 Å². The van der Waals surface area contributed by atoms with Crippen LogP contribution < -0.4 is 10.4 Å². The second-order valence-corrected chi connectivity index (χ2v) is 15.0. The maximum atomic E-state index is 13.1. The number of hydrogen-bond donors (Lipinski definition) is 0. The molecule has 0 radical (unpaired) electrons. The van der Waals surface area contributed by atoms with Crippen molar-refractivity contribution < 1.29 is 14.0 Å². The zero-order chi connectivity index (χ0) is 25.1. The van der Waals surface area contributed by atoms with Gasteiger partial charge in [-0.1, -0.05) is 112 Å². The largest absolute Gasteiger partial charge is 0.468 e. The van der Waals surface area contributed by atoms with Crippen molar-refractivity contribution in [1.82, 2.24) is 4.90 Å². The van der Waals surface area contributed by atoms with E-state index in [2.05, 4.69) is 98.5 Å². The van der Waals surface area contributed by atoms with Gasteiger partial charge in [0.15, 0.2) is 0 Å². The lowest BCUT2D eigenvalue weighted by molar-refractivity contribution is -0.152. The summed E-state index contributed by atoms with van der Waals surface area (Å²) >= 11 is 0. The molecule has 0 aliphatic carbocycles. The molecule has 1 aliphatic heterocycles. The van der Waals surface area contributed by atoms with E-state index in [-0.39, 0.29) is 17.1 Å². The summed E-state index contributed by atoms with van der Waals surface area (Å²) in [5, 5.41) is 2.38. The van der Waals surface area contributed by atoms with Gasteiger partial charge in [0.25, 0.3) is 8.32 Å². The molecule has 4 nitrogen and oxygen atoms in total. The zero-order valence-electron chi connectivity index (χ0n) is 21.5. The minimum atomic E-state index is -2.72. The van der Waals surface area contributed by atoms with E-state index in [0.29, 0.717) is 19.5 Å². The third kappa shape index (κ3) is 4.86. The fraction of sp³-hybridized carbons (Fsp3) is 0.367. The zero-order valence-corrected chi connectivity index (χ0v) is 22.5. The van der Waals surface area contributed by atoms with Gasteiger partial charge in [-0.15, -0.1) is 0 Å². The molecule has 2 atom stereocenters. The van der Waals surface area contributed by atoms with Crippen molar-refractivity contribution in [2.45, 2.75) is 57.3 Å². The Kier molecular flexibility index (Phi) is 7.32. The summed E-state index contributed by atoms with van der Waals surface area (Å²) in [4.78, 5) is 15.3. The van der Waals surface area contributed by atoms with Crippen molar-refractivity contribution in [3.8, 4) is 0 Å². The van der Waals surface area contributed by atoms with Crippen LogP contribution in [-0.2, 0) is 20.5 Å². The van der Waals surface area contributed by atoms with Crippen LogP contribution in [0.2, 0.25) is 5.04 Å². The highest BCUT2D eigenvalue weighted by Gasteiger charge is 2.55. The molecule has 35 heavy (non-hydrogen) atoms. The van der Waals surface area contributed by atoms with E-state index in [4.69, 9.17) is 9.16 Å². The molecule has 4 rings (SSSR count). The number of nitrogens with zero attached hydrogens (tertiary/aromatic N) is 1. The van der Waals surface area contributed by atoms with Crippen LogP contribution in [0.25, 0.3) is 0 Å². The Balaban J connectivity index is 1.76. The molecular formula is C30H37NO3Si. The minimum absolute atomic E-state index is 0.103. The summed E-state index contributed by atoms with van der Waals surface area (Å²) in [5.41, 5.74) is 0.425. The molecule has 1 saturated heterocycles. The molecule has 0 N–H and O–H groups in total. The van der Waals surface area contributed by atoms with Crippen molar-refractivity contribution in [1.29, 1.82) is 0 Å². The third-order valence-electron chi connectivity index (χ3n) is 7.35. The van der Waals surface area contributed by atoms with E-state index in [1.54, 1.807) is 0 Å². The molecule has 0 saturated carbocycles. The molecule has 0 bridgehead atoms. The molecule has 184 valence electrons. The lowest BCUT2D eigenvalue weighted by Crippen LogP contribution is -2.67. The van der Waals surface area contributed by atoms with Crippen LogP contribution in [0.5, 0.6) is 0 Å². The normalized spacial score (nSPS) is 21.1. The van der Waals surface area contributed by atoms with Crippen molar-refractivity contribution in [2.24, 2.45) is 0 Å². The van der Waals surface area contributed by atoms with E-state index in [0.717, 1.165) is 0 Å². The van der Waals surface area contributed by atoms with Crippen LogP contribution in [0.1, 0.15) is 39.7 Å². The molecule has 0 unspecified atom stereocenters. The predicted octanol–water partition coefficient (Wildman–Crippen LogP) is 4.77. The first-order valence-corrected chi connectivity index (χ1v) is 14.3. The van der Waals surface area contributed by atoms with Crippen LogP contribution in [0.4, 0.5) is 0 Å². The molecule has 1 aliphatic rings. The summed E-state index contributed by atoms with van der Waals surface area (Å²) in [6.45, 7) is 10.2. The fourth-order valence-electron chi connectivity index (χ4n) is 5.58. The average Bonchev–Trinajstić information content (AvgIpc) is 3.18. The Morgan fingerprint density at radius 1 is 0.914 bits per heavy atom. The van der Waals surface area contributed by atoms with Gasteiger partial charge in [-0.25, -0.2) is 0 Å². The molecule has 5 heteroatoms. The fourth-order valence-corrected chi connectivity index (χ4v) is 10.3. The summed E-state index contributed by atoms with van der Waals surface area (Å²) in [6.07, 6.45) is 0.492. The number of ether oxygens (including phenoxy) is 1. The second-order valence-electron chi connectivity index (χ2n) is 10.7. The first kappa shape index (κ1) is 25.4. The number of carbonyl (C=O) groups is 1. The number of likely N-dealkylation sites (tertiary alicyclic amines) is 1. The van der Waals surface area contributed by atoms with Gasteiger partial charge < -0.3 is 9.16 Å². The second kappa shape index (κ2) is 10.1. The molecule has 1 heterocycles. The van der Waals surface area contributed by atoms with Gasteiger partial charge in [-0.2, -0.15) is 0 Å². The molecule has 0 spiro atoms. The Labute approximate surface area is 211 Å². The predicted molar refractivity (Wildman–Crippen MR) is 144 cm³/mol. The molecule has 0 aromatic heterocycles. The quantitative estimate of drug-likeness (QED) is 0.356. The molecule has 1 fully saturated rings. The molecule has 3 aromatic carbocycles. The van der Waals surface area contributed by atoms with Gasteiger partial charge in [-0.3, -0.25) is 9.69 Å². The summed E-state index contributed by atoms with van der Waals surface area (Å²) in [6, 6.07) is 31.7. The maximum Gasteiger partial charge on any atom is 0.326 e. The van der Waals surface area contributed by atoms with E-state index < -0.39 is 13.9 Å². The highest BCUT2D eigenvalue weighted by molar-refractivity contribution is 6.99. The number of carbonyl (C=O) groups excluding carboxylic acids is 1. The number of rotatable bonds is 7. The van der Waals surface area contributed by atoms with Crippen LogP contribution in [0.15, 0.2) is 91.0 Å². The monoisotopic (exact) mass is 487 g/mol. The van der Waals surface area contributed by atoms with Gasteiger partial charge in [0, 0.05) is 19.5 Å². The lowest BCUT2D eigenvalue weighted by atomic mass is 9.98. The number of benzene rings is 3. The maximum absolute atomic E-state index is 13.1. The summed E-state index contributed by atoms with van der Waals surface area (Å²) < 4.78 is 12.7. The van der Waals surface area contributed by atoms with E-state index in [9.17, 15) is 4.79 Å². The first-order valence-electron chi connectivity index (χ1n) is 12.4. The average molecular weight is 488 g/mol. The number of esters is 1. The minimum Gasteiger partial charge on any atom is -0.468 e. The van der Waals surface area contributed by atoms with Crippen molar-refractivity contribution in [3.05, 3.63) is 96.6 Å². The summed E-state index contributed by atoms with van der Waals surface area (Å²) in [5.74, 6) is -0.207. The van der Waals surface area contributed by atoms with Gasteiger partial charge in [0.05, 0.1) is 13.2 Å². The topological polar surface area (TPSA) is 38.8 Å². The Morgan fingerprint density at radius 3 is 1.86 bits per heavy atom. The smallest absolute Gasteiger partial charge is 0.326 e. The van der Waals surface area contributed by atoms with Gasteiger partial charge in [-0.05, 0) is 27.9 Å². The number of methoxy groups -OCH3 is 1. The van der Waals surface area contributed by atoms with Crippen LogP contribution >= 0.6 is 0 Å². The Hall–Kier alpha value is -2.73. The highest BCUT2D eigenvalue weighted by atomic mass is 28.4. The Bertz CT molecular complexity index is 1080. The van der Waals surface area contributed by atoms with E-state index >= 15 is 0 Å². The molecule has 0 amide bonds. The standard InChI is InChI=1S/C30H37NO3Si/c1-29(2,3)35(26-17-11-7-12-18-26,27-19-13-8-14-20-27)34-25-21-30(4,28(32)33-5)31(23-25)22-24-15-9-6-10-16-24/h6-20,25H,21-23H2,1-5H3/t25-,30-/m1/s1. The van der Waals surface area contributed by atoms with E-state index in [1.807, 2.05) is 25.1 Å². The van der Waals surface area contributed by atoms with Gasteiger partial charge >= 0.3 is 5.97 Å². The summed E-state index contributed by atoms with van der Waals surface area (Å²) in [7, 11) is -1.25. The first-order chi connectivity index (χ1) is 16.7. The van der Waals surface area contributed by atoms with Gasteiger partial charge in [0.1, 0.15) is 5.54 Å². The SMILES string of the molecule is COC(=O)[C@@]1(C)C[C@@H](O[Si](c2ccccc2)(c2ccccc2)C(C)(C)C)CN1Cc1ccccc1. The lowest BCUT2D eigenvalue weighted by Gasteiger charge is -2.44. The van der Waals surface area contributed by atoms with E-state index in [1.165, 1.54) is 23.0 Å². The van der Waals surface area contributed by atoms with Crippen molar-refractivity contribution >= 4 is 24.7 Å². The number of hydrogen-bond acceptors (Lipinski definition) is 4. The molecular weight excluding hydrogens is 450 g/mol. The Morgan fingerprint density at radius 2 is 1.40 bits per heavy atom. The van der Waals surface area contributed by atoms with Crippen molar-refractivity contribution in [3.63, 3.8) is 0 Å².